The molecule has 0 fully saturated rings. The zero-order valence-corrected chi connectivity index (χ0v) is 15.4. The molecule has 0 saturated heterocycles. The Kier molecular flexibility index (Phi) is 5.54. The lowest BCUT2D eigenvalue weighted by atomic mass is 10.1. The second kappa shape index (κ2) is 8.02. The van der Waals surface area contributed by atoms with Crippen LogP contribution in [0.2, 0.25) is 0 Å². The summed E-state index contributed by atoms with van der Waals surface area (Å²) in [6.45, 7) is 5.32. The Bertz CT molecular complexity index is 814. The second-order valence-corrected chi connectivity index (χ2v) is 6.60. The molecule has 0 amide bonds. The van der Waals surface area contributed by atoms with Crippen LogP contribution in [0.4, 0.5) is 11.4 Å². The Morgan fingerprint density at radius 1 is 1.04 bits per heavy atom. The van der Waals surface area contributed by atoms with Gasteiger partial charge in [-0.05, 0) is 37.6 Å². The van der Waals surface area contributed by atoms with Gasteiger partial charge in [0.25, 0.3) is 0 Å². The standard InChI is InChI=1S/C22H27N3/c1-4-10-18-15-22(20-13-8-9-14-21(20)24-18)23-16-17(2)25(3)19-11-6-5-7-12-19/h5-9,11-15,17H,4,10,16H2,1-3H3,(H,23,24). The molecule has 1 N–H and O–H groups in total. The van der Waals surface area contributed by atoms with E-state index in [4.69, 9.17) is 4.98 Å². The number of hydrogen-bond donors (Lipinski definition) is 1. The highest BCUT2D eigenvalue weighted by Crippen LogP contribution is 2.24. The van der Waals surface area contributed by atoms with Crippen LogP contribution < -0.4 is 10.2 Å². The fourth-order valence-electron chi connectivity index (χ4n) is 3.07. The smallest absolute Gasteiger partial charge is 0.0726 e. The van der Waals surface area contributed by atoms with E-state index in [1.165, 1.54) is 16.8 Å². The average molecular weight is 333 g/mol. The van der Waals surface area contributed by atoms with E-state index in [-0.39, 0.29) is 0 Å². The van der Waals surface area contributed by atoms with E-state index < -0.39 is 0 Å². The fraction of sp³-hybridized carbons (Fsp3) is 0.318. The molecule has 0 saturated carbocycles. The number of rotatable bonds is 7. The van der Waals surface area contributed by atoms with E-state index in [0.717, 1.165) is 30.6 Å². The molecule has 0 radical (unpaired) electrons. The minimum absolute atomic E-state index is 0.379. The molecular weight excluding hydrogens is 306 g/mol. The summed E-state index contributed by atoms with van der Waals surface area (Å²) in [5.74, 6) is 0. The SMILES string of the molecule is CCCc1cc(NCC(C)N(C)c2ccccc2)c2ccccc2n1. The zero-order chi connectivity index (χ0) is 17.6. The summed E-state index contributed by atoms with van der Waals surface area (Å²) < 4.78 is 0. The maximum atomic E-state index is 4.78. The van der Waals surface area contributed by atoms with Crippen LogP contribution in [-0.4, -0.2) is 24.6 Å². The number of nitrogens with zero attached hydrogens (tertiary/aromatic N) is 2. The molecule has 0 spiro atoms. The van der Waals surface area contributed by atoms with Crippen LogP contribution in [0.15, 0.2) is 60.7 Å². The predicted octanol–water partition coefficient (Wildman–Crippen LogP) is 5.12. The van der Waals surface area contributed by atoms with Gasteiger partial charge in [-0.25, -0.2) is 0 Å². The number of anilines is 2. The monoisotopic (exact) mass is 333 g/mol. The quantitative estimate of drug-likeness (QED) is 0.650. The van der Waals surface area contributed by atoms with Crippen molar-refractivity contribution in [1.29, 1.82) is 0 Å². The molecule has 1 unspecified atom stereocenters. The largest absolute Gasteiger partial charge is 0.382 e. The first-order valence-corrected chi connectivity index (χ1v) is 9.09. The number of pyridine rings is 1. The highest BCUT2D eigenvalue weighted by atomic mass is 15.1. The third-order valence-electron chi connectivity index (χ3n) is 4.69. The number of likely N-dealkylation sites (N-methyl/N-ethyl adjacent to an activating group) is 1. The summed E-state index contributed by atoms with van der Waals surface area (Å²) in [6, 6.07) is 21.5. The topological polar surface area (TPSA) is 28.2 Å². The van der Waals surface area contributed by atoms with Gasteiger partial charge >= 0.3 is 0 Å². The molecule has 2 aromatic carbocycles. The lowest BCUT2D eigenvalue weighted by molar-refractivity contribution is 0.716. The van der Waals surface area contributed by atoms with Crippen LogP contribution >= 0.6 is 0 Å². The summed E-state index contributed by atoms with van der Waals surface area (Å²) in [7, 11) is 2.15. The van der Waals surface area contributed by atoms with Gasteiger partial charge in [0.05, 0.1) is 5.52 Å². The first-order valence-electron chi connectivity index (χ1n) is 9.09. The highest BCUT2D eigenvalue weighted by Gasteiger charge is 2.11. The summed E-state index contributed by atoms with van der Waals surface area (Å²) in [4.78, 5) is 7.09. The molecule has 3 rings (SSSR count). The van der Waals surface area contributed by atoms with Crippen LogP contribution in [0.5, 0.6) is 0 Å². The zero-order valence-electron chi connectivity index (χ0n) is 15.4. The van der Waals surface area contributed by atoms with E-state index >= 15 is 0 Å². The van der Waals surface area contributed by atoms with Gasteiger partial charge in [0.15, 0.2) is 0 Å². The molecule has 0 aliphatic carbocycles. The molecule has 25 heavy (non-hydrogen) atoms. The van der Waals surface area contributed by atoms with Gasteiger partial charge in [0, 0.05) is 42.1 Å². The summed E-state index contributed by atoms with van der Waals surface area (Å²) in [6.07, 6.45) is 2.12. The molecule has 1 atom stereocenters. The predicted molar refractivity (Wildman–Crippen MR) is 109 cm³/mol. The number of aryl methyl sites for hydroxylation is 1. The number of benzene rings is 2. The molecule has 3 heteroatoms. The summed E-state index contributed by atoms with van der Waals surface area (Å²) >= 11 is 0. The van der Waals surface area contributed by atoms with Crippen LogP contribution in [0.3, 0.4) is 0 Å². The Labute approximate surface area is 150 Å². The van der Waals surface area contributed by atoms with Crippen molar-refractivity contribution in [2.45, 2.75) is 32.7 Å². The summed E-state index contributed by atoms with van der Waals surface area (Å²) in [5, 5.41) is 4.85. The molecule has 1 aromatic heterocycles. The van der Waals surface area contributed by atoms with Gasteiger partial charge in [-0.1, -0.05) is 49.7 Å². The molecule has 1 heterocycles. The first kappa shape index (κ1) is 17.3. The van der Waals surface area contributed by atoms with Crippen molar-refractivity contribution in [3.8, 4) is 0 Å². The Morgan fingerprint density at radius 2 is 1.76 bits per heavy atom. The van der Waals surface area contributed by atoms with Crippen LogP contribution in [0.25, 0.3) is 10.9 Å². The van der Waals surface area contributed by atoms with Crippen LogP contribution in [0, 0.1) is 0 Å². The van der Waals surface area contributed by atoms with Gasteiger partial charge in [-0.15, -0.1) is 0 Å². The number of fused-ring (bicyclic) bond motifs is 1. The van der Waals surface area contributed by atoms with Gasteiger partial charge in [-0.2, -0.15) is 0 Å². The van der Waals surface area contributed by atoms with Crippen molar-refractivity contribution in [2.75, 3.05) is 23.8 Å². The third-order valence-corrected chi connectivity index (χ3v) is 4.69. The molecule has 3 nitrogen and oxygen atoms in total. The minimum Gasteiger partial charge on any atom is -0.382 e. The van der Waals surface area contributed by atoms with Gasteiger partial charge in [0.1, 0.15) is 0 Å². The lowest BCUT2D eigenvalue weighted by Crippen LogP contribution is -2.34. The van der Waals surface area contributed by atoms with Crippen molar-refractivity contribution in [2.24, 2.45) is 0 Å². The normalized spacial score (nSPS) is 12.1. The maximum Gasteiger partial charge on any atom is 0.0726 e. The van der Waals surface area contributed by atoms with E-state index in [2.05, 4.69) is 91.8 Å². The molecule has 3 aromatic rings. The second-order valence-electron chi connectivity index (χ2n) is 6.60. The van der Waals surface area contributed by atoms with Gasteiger partial charge < -0.3 is 10.2 Å². The summed E-state index contributed by atoms with van der Waals surface area (Å²) in [5.41, 5.74) is 4.65. The third kappa shape index (κ3) is 4.11. The van der Waals surface area contributed by atoms with Gasteiger partial charge in [0.2, 0.25) is 0 Å². The highest BCUT2D eigenvalue weighted by molar-refractivity contribution is 5.91. The molecular formula is C22H27N3. The van der Waals surface area contributed by atoms with Crippen molar-refractivity contribution in [1.82, 2.24) is 4.98 Å². The molecule has 130 valence electrons. The van der Waals surface area contributed by atoms with E-state index in [1.54, 1.807) is 0 Å². The van der Waals surface area contributed by atoms with E-state index in [0.29, 0.717) is 6.04 Å². The Morgan fingerprint density at radius 3 is 2.52 bits per heavy atom. The molecule has 0 bridgehead atoms. The number of nitrogens with one attached hydrogen (secondary N) is 1. The Balaban J connectivity index is 1.78. The van der Waals surface area contributed by atoms with Crippen molar-refractivity contribution < 1.29 is 0 Å². The van der Waals surface area contributed by atoms with Crippen molar-refractivity contribution >= 4 is 22.3 Å². The maximum absolute atomic E-state index is 4.78. The number of aromatic nitrogens is 1. The van der Waals surface area contributed by atoms with Gasteiger partial charge in [-0.3, -0.25) is 4.98 Å². The van der Waals surface area contributed by atoms with Crippen LogP contribution in [-0.2, 0) is 6.42 Å². The first-order chi connectivity index (χ1) is 12.2. The van der Waals surface area contributed by atoms with E-state index in [1.807, 2.05) is 0 Å². The molecule has 0 aliphatic heterocycles. The minimum atomic E-state index is 0.379. The lowest BCUT2D eigenvalue weighted by Gasteiger charge is -2.28. The van der Waals surface area contributed by atoms with E-state index in [9.17, 15) is 0 Å². The number of para-hydroxylation sites is 2. The fourth-order valence-corrected chi connectivity index (χ4v) is 3.07. The average Bonchev–Trinajstić information content (AvgIpc) is 2.66. The Hall–Kier alpha value is -2.55. The van der Waals surface area contributed by atoms with Crippen molar-refractivity contribution in [3.63, 3.8) is 0 Å². The van der Waals surface area contributed by atoms with Crippen molar-refractivity contribution in [3.05, 3.63) is 66.4 Å². The number of hydrogen-bond acceptors (Lipinski definition) is 3. The molecule has 0 aliphatic rings. The van der Waals surface area contributed by atoms with Crippen LogP contribution in [0.1, 0.15) is 26.0 Å².